The molecule has 0 radical (unpaired) electrons. The number of pyridine rings is 1. The highest BCUT2D eigenvalue weighted by atomic mass is 16.5. The van der Waals surface area contributed by atoms with Crippen LogP contribution in [0.2, 0.25) is 0 Å². The second kappa shape index (κ2) is 8.77. The molecule has 0 bridgehead atoms. The van der Waals surface area contributed by atoms with Crippen molar-refractivity contribution in [3.63, 3.8) is 0 Å². The topological polar surface area (TPSA) is 111 Å². The van der Waals surface area contributed by atoms with Gasteiger partial charge in [0.1, 0.15) is 12.6 Å². The largest absolute Gasteiger partial charge is 0.461 e. The number of amides is 2. The molecule has 0 saturated carbocycles. The molecule has 0 unspecified atom stereocenters. The Kier molecular flexibility index (Phi) is 5.96. The van der Waals surface area contributed by atoms with E-state index in [1.54, 1.807) is 6.07 Å². The monoisotopic (exact) mass is 377 g/mol. The summed E-state index contributed by atoms with van der Waals surface area (Å²) in [6.45, 7) is 0.0771. The molecule has 2 amide bonds. The molecule has 0 saturated heterocycles. The molecule has 7 nitrogen and oxygen atoms in total. The van der Waals surface area contributed by atoms with Gasteiger partial charge in [0.2, 0.25) is 5.91 Å². The predicted octanol–water partition coefficient (Wildman–Crippen LogP) is 1.95. The molecule has 0 aliphatic rings. The summed E-state index contributed by atoms with van der Waals surface area (Å²) in [4.78, 5) is 40.4. The Hall–Kier alpha value is -3.74. The van der Waals surface area contributed by atoms with Gasteiger partial charge in [-0.2, -0.15) is 0 Å². The summed E-state index contributed by atoms with van der Waals surface area (Å²) >= 11 is 0. The summed E-state index contributed by atoms with van der Waals surface area (Å²) in [5, 5.41) is 3.26. The van der Waals surface area contributed by atoms with Crippen LogP contribution in [-0.2, 0) is 20.9 Å². The smallest absolute Gasteiger partial charge is 0.308 e. The molecule has 1 heterocycles. The Balaban J connectivity index is 1.62. The van der Waals surface area contributed by atoms with Crippen molar-refractivity contribution in [2.24, 2.45) is 5.73 Å². The van der Waals surface area contributed by atoms with E-state index in [-0.39, 0.29) is 18.6 Å². The molecule has 0 fully saturated rings. The van der Waals surface area contributed by atoms with Crippen molar-refractivity contribution in [3.05, 3.63) is 78.0 Å². The molecule has 0 aliphatic heterocycles. The molecule has 1 aromatic heterocycles. The second-order valence-electron chi connectivity index (χ2n) is 6.20. The van der Waals surface area contributed by atoms with E-state index in [2.05, 4.69) is 10.3 Å². The first-order valence-electron chi connectivity index (χ1n) is 8.67. The van der Waals surface area contributed by atoms with Crippen LogP contribution in [-0.4, -0.2) is 28.8 Å². The minimum atomic E-state index is -1.18. The summed E-state index contributed by atoms with van der Waals surface area (Å²) in [7, 11) is 0. The van der Waals surface area contributed by atoms with E-state index >= 15 is 0 Å². The summed E-state index contributed by atoms with van der Waals surface area (Å²) in [6.07, 6.45) is 1.05. The van der Waals surface area contributed by atoms with Gasteiger partial charge in [-0.1, -0.05) is 48.5 Å². The van der Waals surface area contributed by atoms with Crippen molar-refractivity contribution in [2.45, 2.75) is 19.1 Å². The SMILES string of the molecule is NC(=O)[C@H](CC(=O)OCc1ccccc1)NC(=O)c1cnc2ccccc2c1. The number of esters is 1. The van der Waals surface area contributed by atoms with Crippen molar-refractivity contribution in [2.75, 3.05) is 0 Å². The van der Waals surface area contributed by atoms with Crippen LogP contribution < -0.4 is 11.1 Å². The Bertz CT molecular complexity index is 1000. The van der Waals surface area contributed by atoms with Gasteiger partial charge in [-0.05, 0) is 17.7 Å². The number of carbonyl (C=O) groups excluding carboxylic acids is 3. The first-order chi connectivity index (χ1) is 13.5. The highest BCUT2D eigenvalue weighted by molar-refractivity contribution is 6.00. The number of fused-ring (bicyclic) bond motifs is 1. The van der Waals surface area contributed by atoms with Gasteiger partial charge in [0.15, 0.2) is 0 Å². The molecule has 0 spiro atoms. The zero-order chi connectivity index (χ0) is 19.9. The van der Waals surface area contributed by atoms with Crippen molar-refractivity contribution in [3.8, 4) is 0 Å². The number of carbonyl (C=O) groups is 3. The third-order valence-corrected chi connectivity index (χ3v) is 4.11. The summed E-state index contributed by atoms with van der Waals surface area (Å²) in [5.41, 5.74) is 7.16. The molecule has 3 rings (SSSR count). The number of hydrogen-bond acceptors (Lipinski definition) is 5. The van der Waals surface area contributed by atoms with E-state index in [9.17, 15) is 14.4 Å². The van der Waals surface area contributed by atoms with Gasteiger partial charge in [-0.25, -0.2) is 0 Å². The number of ether oxygens (including phenoxy) is 1. The molecule has 3 aromatic rings. The fourth-order valence-corrected chi connectivity index (χ4v) is 2.62. The normalized spacial score (nSPS) is 11.6. The van der Waals surface area contributed by atoms with Crippen molar-refractivity contribution < 1.29 is 19.1 Å². The van der Waals surface area contributed by atoms with Crippen LogP contribution >= 0.6 is 0 Å². The first-order valence-corrected chi connectivity index (χ1v) is 8.67. The van der Waals surface area contributed by atoms with Gasteiger partial charge in [-0.3, -0.25) is 19.4 Å². The molecule has 7 heteroatoms. The second-order valence-corrected chi connectivity index (χ2v) is 6.20. The number of benzene rings is 2. The van der Waals surface area contributed by atoms with Crippen LogP contribution in [0.4, 0.5) is 0 Å². The lowest BCUT2D eigenvalue weighted by molar-refractivity contribution is -0.146. The maximum Gasteiger partial charge on any atom is 0.308 e. The van der Waals surface area contributed by atoms with Crippen LogP contribution in [0.15, 0.2) is 66.9 Å². The summed E-state index contributed by atoms with van der Waals surface area (Å²) < 4.78 is 5.14. The Labute approximate surface area is 161 Å². The zero-order valence-electron chi connectivity index (χ0n) is 15.0. The standard InChI is InChI=1S/C21H19N3O4/c22-20(26)18(11-19(25)28-13-14-6-2-1-3-7-14)24-21(27)16-10-15-8-4-5-9-17(15)23-12-16/h1-10,12,18H,11,13H2,(H2,22,26)(H,24,27)/t18-/m0/s1. The molecule has 0 aliphatic carbocycles. The van der Waals surface area contributed by atoms with Gasteiger partial charge < -0.3 is 15.8 Å². The third-order valence-electron chi connectivity index (χ3n) is 4.11. The quantitative estimate of drug-likeness (QED) is 0.611. The van der Waals surface area contributed by atoms with E-state index in [0.29, 0.717) is 0 Å². The first kappa shape index (κ1) is 19.0. The van der Waals surface area contributed by atoms with Gasteiger partial charge in [0.25, 0.3) is 5.91 Å². The van der Waals surface area contributed by atoms with Crippen LogP contribution in [0, 0.1) is 0 Å². The molecular formula is C21H19N3O4. The lowest BCUT2D eigenvalue weighted by Gasteiger charge is -2.15. The van der Waals surface area contributed by atoms with E-state index in [0.717, 1.165) is 16.5 Å². The summed E-state index contributed by atoms with van der Waals surface area (Å²) in [5.74, 6) is -2.00. The average Bonchev–Trinajstić information content (AvgIpc) is 2.72. The van der Waals surface area contributed by atoms with Crippen molar-refractivity contribution in [1.82, 2.24) is 10.3 Å². The lowest BCUT2D eigenvalue weighted by atomic mass is 10.1. The minimum Gasteiger partial charge on any atom is -0.461 e. The van der Waals surface area contributed by atoms with E-state index < -0.39 is 23.8 Å². The fraction of sp³-hybridized carbons (Fsp3) is 0.143. The van der Waals surface area contributed by atoms with Crippen molar-refractivity contribution in [1.29, 1.82) is 0 Å². The summed E-state index contributed by atoms with van der Waals surface area (Å²) in [6, 6.07) is 16.9. The third kappa shape index (κ3) is 4.91. The maximum atomic E-state index is 12.5. The van der Waals surface area contributed by atoms with E-state index in [1.165, 1.54) is 6.20 Å². The lowest BCUT2D eigenvalue weighted by Crippen LogP contribution is -2.45. The van der Waals surface area contributed by atoms with Crippen molar-refractivity contribution >= 4 is 28.7 Å². The van der Waals surface area contributed by atoms with Crippen LogP contribution in [0.3, 0.4) is 0 Å². The minimum absolute atomic E-state index is 0.0771. The Morgan fingerprint density at radius 1 is 1.04 bits per heavy atom. The van der Waals surface area contributed by atoms with Crippen LogP contribution in [0.25, 0.3) is 10.9 Å². The number of aromatic nitrogens is 1. The van der Waals surface area contributed by atoms with Crippen LogP contribution in [0.1, 0.15) is 22.3 Å². The molecule has 1 atom stereocenters. The number of nitrogens with zero attached hydrogens (tertiary/aromatic N) is 1. The number of nitrogens with two attached hydrogens (primary N) is 1. The predicted molar refractivity (Wildman–Crippen MR) is 103 cm³/mol. The molecule has 142 valence electrons. The number of nitrogens with one attached hydrogen (secondary N) is 1. The number of para-hydroxylation sites is 1. The van der Waals surface area contributed by atoms with Gasteiger partial charge in [0, 0.05) is 11.6 Å². The Morgan fingerprint density at radius 3 is 2.50 bits per heavy atom. The molecule has 28 heavy (non-hydrogen) atoms. The van der Waals surface area contributed by atoms with E-state index in [1.807, 2.05) is 54.6 Å². The van der Waals surface area contributed by atoms with Gasteiger partial charge >= 0.3 is 5.97 Å². The van der Waals surface area contributed by atoms with Gasteiger partial charge in [-0.15, -0.1) is 0 Å². The Morgan fingerprint density at radius 2 is 1.75 bits per heavy atom. The van der Waals surface area contributed by atoms with Gasteiger partial charge in [0.05, 0.1) is 17.5 Å². The average molecular weight is 377 g/mol. The molecule has 2 aromatic carbocycles. The van der Waals surface area contributed by atoms with E-state index in [4.69, 9.17) is 10.5 Å². The molecular weight excluding hydrogens is 358 g/mol. The maximum absolute atomic E-state index is 12.5. The zero-order valence-corrected chi connectivity index (χ0v) is 15.0. The molecule has 3 N–H and O–H groups in total. The highest BCUT2D eigenvalue weighted by Crippen LogP contribution is 2.13. The fourth-order valence-electron chi connectivity index (χ4n) is 2.62. The number of primary amides is 1. The number of hydrogen-bond donors (Lipinski definition) is 2. The number of rotatable bonds is 7. The highest BCUT2D eigenvalue weighted by Gasteiger charge is 2.23. The van der Waals surface area contributed by atoms with Crippen LogP contribution in [0.5, 0.6) is 0 Å².